The number of sulfonamides is 1. The minimum atomic E-state index is -3.48. The lowest BCUT2D eigenvalue weighted by atomic mass is 10.3. The van der Waals surface area contributed by atoms with Crippen LogP contribution in [0.25, 0.3) is 0 Å². The molecule has 0 spiro atoms. The Hall–Kier alpha value is -1.27. The number of methoxy groups -OCH3 is 1. The molecule has 0 saturated carbocycles. The molecule has 0 amide bonds. The molecule has 0 bridgehead atoms. The van der Waals surface area contributed by atoms with Crippen LogP contribution in [0.2, 0.25) is 0 Å². The van der Waals surface area contributed by atoms with Crippen molar-refractivity contribution in [3.63, 3.8) is 0 Å². The summed E-state index contributed by atoms with van der Waals surface area (Å²) in [7, 11) is -0.665. The van der Waals surface area contributed by atoms with Gasteiger partial charge in [0.15, 0.2) is 0 Å². The summed E-state index contributed by atoms with van der Waals surface area (Å²) < 4.78 is 29.9. The van der Waals surface area contributed by atoms with Gasteiger partial charge in [-0.15, -0.1) is 0 Å². The molecule has 5 nitrogen and oxygen atoms in total. The van der Waals surface area contributed by atoms with E-state index in [2.05, 4.69) is 4.72 Å². The number of anilines is 1. The normalized spacial score (nSPS) is 11.3. The monoisotopic (exact) mass is 216 g/mol. The second-order valence-electron chi connectivity index (χ2n) is 2.61. The van der Waals surface area contributed by atoms with Crippen molar-refractivity contribution in [2.45, 2.75) is 4.90 Å². The summed E-state index contributed by atoms with van der Waals surface area (Å²) in [4.78, 5) is 0.0563. The van der Waals surface area contributed by atoms with Crippen LogP contribution in [0.3, 0.4) is 0 Å². The number of nitrogens with two attached hydrogens (primary N) is 1. The highest BCUT2D eigenvalue weighted by molar-refractivity contribution is 7.89. The predicted octanol–water partition coefficient (Wildman–Crippen LogP) is 0.186. The summed E-state index contributed by atoms with van der Waals surface area (Å²) in [5, 5.41) is 0. The highest BCUT2D eigenvalue weighted by Crippen LogP contribution is 2.23. The van der Waals surface area contributed by atoms with Gasteiger partial charge in [-0.05, 0) is 19.2 Å². The van der Waals surface area contributed by atoms with Crippen molar-refractivity contribution in [1.29, 1.82) is 0 Å². The van der Waals surface area contributed by atoms with Gasteiger partial charge in [0, 0.05) is 6.07 Å². The molecule has 0 fully saturated rings. The largest absolute Gasteiger partial charge is 0.497 e. The van der Waals surface area contributed by atoms with E-state index >= 15 is 0 Å². The maximum Gasteiger partial charge on any atom is 0.242 e. The van der Waals surface area contributed by atoms with Crippen LogP contribution in [0.5, 0.6) is 5.75 Å². The first kappa shape index (κ1) is 10.8. The Bertz CT molecular complexity index is 428. The van der Waals surface area contributed by atoms with Gasteiger partial charge in [0.2, 0.25) is 10.0 Å². The Morgan fingerprint density at radius 1 is 1.43 bits per heavy atom. The van der Waals surface area contributed by atoms with E-state index in [0.29, 0.717) is 5.75 Å². The van der Waals surface area contributed by atoms with Gasteiger partial charge in [0.25, 0.3) is 0 Å². The summed E-state index contributed by atoms with van der Waals surface area (Å²) in [6, 6.07) is 4.41. The van der Waals surface area contributed by atoms with E-state index in [0.717, 1.165) is 0 Å². The van der Waals surface area contributed by atoms with E-state index in [1.807, 2.05) is 0 Å². The van der Waals surface area contributed by atoms with E-state index in [-0.39, 0.29) is 10.6 Å². The van der Waals surface area contributed by atoms with E-state index in [9.17, 15) is 8.42 Å². The number of benzene rings is 1. The minimum Gasteiger partial charge on any atom is -0.497 e. The molecule has 0 heterocycles. The Balaban J connectivity index is 3.26. The van der Waals surface area contributed by atoms with Crippen LogP contribution in [0.4, 0.5) is 5.69 Å². The lowest BCUT2D eigenvalue weighted by molar-refractivity contribution is 0.414. The average Bonchev–Trinajstić information content (AvgIpc) is 2.17. The van der Waals surface area contributed by atoms with Crippen molar-refractivity contribution in [3.8, 4) is 5.75 Å². The van der Waals surface area contributed by atoms with Crippen molar-refractivity contribution >= 4 is 15.7 Å². The molecule has 6 heteroatoms. The number of hydrogen-bond acceptors (Lipinski definition) is 4. The summed E-state index contributed by atoms with van der Waals surface area (Å²) in [5.74, 6) is 0.526. The van der Waals surface area contributed by atoms with E-state index in [1.54, 1.807) is 6.07 Å². The Labute approximate surface area is 82.9 Å². The van der Waals surface area contributed by atoms with Crippen molar-refractivity contribution in [1.82, 2.24) is 4.72 Å². The molecule has 0 unspecified atom stereocenters. The lowest BCUT2D eigenvalue weighted by Gasteiger charge is -2.07. The Kier molecular flexibility index (Phi) is 2.97. The molecule has 14 heavy (non-hydrogen) atoms. The third-order valence-corrected chi connectivity index (χ3v) is 3.26. The zero-order valence-electron chi connectivity index (χ0n) is 7.94. The number of rotatable bonds is 3. The molecule has 0 aliphatic rings. The summed E-state index contributed by atoms with van der Waals surface area (Å²) in [6.07, 6.45) is 0. The summed E-state index contributed by atoms with van der Waals surface area (Å²) in [5.41, 5.74) is 5.72. The number of nitrogen functional groups attached to an aromatic ring is 1. The smallest absolute Gasteiger partial charge is 0.242 e. The van der Waals surface area contributed by atoms with Gasteiger partial charge in [-0.25, -0.2) is 13.1 Å². The maximum absolute atomic E-state index is 11.4. The van der Waals surface area contributed by atoms with Gasteiger partial charge in [0.05, 0.1) is 12.8 Å². The second-order valence-corrected chi connectivity index (χ2v) is 4.47. The van der Waals surface area contributed by atoms with Crippen LogP contribution >= 0.6 is 0 Å². The maximum atomic E-state index is 11.4. The van der Waals surface area contributed by atoms with Crippen molar-refractivity contribution in [3.05, 3.63) is 18.2 Å². The molecule has 78 valence electrons. The van der Waals surface area contributed by atoms with E-state index < -0.39 is 10.0 Å². The van der Waals surface area contributed by atoms with Gasteiger partial charge in [-0.1, -0.05) is 0 Å². The first-order valence-electron chi connectivity index (χ1n) is 3.88. The average molecular weight is 216 g/mol. The van der Waals surface area contributed by atoms with Crippen LogP contribution in [0, 0.1) is 0 Å². The SMILES string of the molecule is CNS(=O)(=O)c1ccc(OC)cc1N. The van der Waals surface area contributed by atoms with Crippen LogP contribution in [0.1, 0.15) is 0 Å². The van der Waals surface area contributed by atoms with Gasteiger partial charge in [-0.3, -0.25) is 0 Å². The molecular formula is C8H12N2O3S. The first-order chi connectivity index (χ1) is 6.51. The van der Waals surface area contributed by atoms with E-state index in [4.69, 9.17) is 10.5 Å². The molecule has 1 aromatic rings. The standard InChI is InChI=1S/C8H12N2O3S/c1-10-14(11,12)8-4-3-6(13-2)5-7(8)9/h3-5,10H,9H2,1-2H3. The molecule has 0 aliphatic heterocycles. The molecule has 0 atom stereocenters. The third-order valence-electron chi connectivity index (χ3n) is 1.78. The fourth-order valence-electron chi connectivity index (χ4n) is 1.01. The van der Waals surface area contributed by atoms with Crippen LogP contribution in [-0.2, 0) is 10.0 Å². The Morgan fingerprint density at radius 3 is 2.50 bits per heavy atom. The van der Waals surface area contributed by atoms with Gasteiger partial charge in [0.1, 0.15) is 10.6 Å². The summed E-state index contributed by atoms with van der Waals surface area (Å²) >= 11 is 0. The molecule has 0 aromatic heterocycles. The molecule has 3 N–H and O–H groups in total. The van der Waals surface area contributed by atoms with Crippen LogP contribution in [-0.4, -0.2) is 22.6 Å². The van der Waals surface area contributed by atoms with Crippen LogP contribution in [0.15, 0.2) is 23.1 Å². The van der Waals surface area contributed by atoms with Crippen molar-refractivity contribution in [2.24, 2.45) is 0 Å². The number of ether oxygens (including phenoxy) is 1. The van der Waals surface area contributed by atoms with E-state index in [1.165, 1.54) is 26.3 Å². The zero-order valence-corrected chi connectivity index (χ0v) is 8.76. The van der Waals surface area contributed by atoms with Crippen molar-refractivity contribution in [2.75, 3.05) is 19.9 Å². The van der Waals surface area contributed by atoms with Gasteiger partial charge in [-0.2, -0.15) is 0 Å². The number of hydrogen-bond donors (Lipinski definition) is 2. The zero-order chi connectivity index (χ0) is 10.8. The fraction of sp³-hybridized carbons (Fsp3) is 0.250. The first-order valence-corrected chi connectivity index (χ1v) is 5.36. The second kappa shape index (κ2) is 3.85. The third kappa shape index (κ3) is 1.97. The molecular weight excluding hydrogens is 204 g/mol. The fourth-order valence-corrected chi connectivity index (χ4v) is 1.84. The molecule has 0 aliphatic carbocycles. The predicted molar refractivity (Wildman–Crippen MR) is 53.7 cm³/mol. The number of nitrogens with one attached hydrogen (secondary N) is 1. The molecule has 1 aromatic carbocycles. The highest BCUT2D eigenvalue weighted by Gasteiger charge is 2.15. The van der Waals surface area contributed by atoms with Gasteiger partial charge < -0.3 is 10.5 Å². The topological polar surface area (TPSA) is 81.4 Å². The van der Waals surface area contributed by atoms with Crippen molar-refractivity contribution < 1.29 is 13.2 Å². The van der Waals surface area contributed by atoms with Gasteiger partial charge >= 0.3 is 0 Å². The summed E-state index contributed by atoms with van der Waals surface area (Å²) in [6.45, 7) is 0. The molecule has 0 saturated heterocycles. The Morgan fingerprint density at radius 2 is 2.07 bits per heavy atom. The molecule has 0 radical (unpaired) electrons. The lowest BCUT2D eigenvalue weighted by Crippen LogP contribution is -2.19. The minimum absolute atomic E-state index is 0.0563. The molecule has 1 rings (SSSR count). The highest BCUT2D eigenvalue weighted by atomic mass is 32.2. The van der Waals surface area contributed by atoms with Crippen LogP contribution < -0.4 is 15.2 Å². The quantitative estimate of drug-likeness (QED) is 0.706.